The average Bonchev–Trinajstić information content (AvgIpc) is 2.71. The van der Waals surface area contributed by atoms with Gasteiger partial charge < -0.3 is 4.55 Å². The van der Waals surface area contributed by atoms with E-state index in [0.717, 1.165) is 11.1 Å². The van der Waals surface area contributed by atoms with Crippen molar-refractivity contribution in [3.05, 3.63) is 41.1 Å². The van der Waals surface area contributed by atoms with E-state index in [2.05, 4.69) is 0 Å². The summed E-state index contributed by atoms with van der Waals surface area (Å²) in [5.41, 5.74) is 2.21. The molecular formula is C10H8O2S2. The number of benzene rings is 1. The van der Waals surface area contributed by atoms with Gasteiger partial charge >= 0.3 is 0 Å². The summed E-state index contributed by atoms with van der Waals surface area (Å²) in [6, 6.07) is 9.07. The van der Waals surface area contributed by atoms with Crippen LogP contribution in [0.2, 0.25) is 0 Å². The minimum atomic E-state index is -1.88. The van der Waals surface area contributed by atoms with Crippen LogP contribution in [0.5, 0.6) is 0 Å². The molecule has 1 atom stereocenters. The third-order valence-corrected chi connectivity index (χ3v) is 3.27. The lowest BCUT2D eigenvalue weighted by Crippen LogP contribution is -1.86. The molecule has 0 saturated carbocycles. The highest BCUT2D eigenvalue weighted by atomic mass is 32.2. The van der Waals surface area contributed by atoms with Crippen LogP contribution >= 0.6 is 11.3 Å². The zero-order valence-electron chi connectivity index (χ0n) is 7.21. The van der Waals surface area contributed by atoms with Gasteiger partial charge in [0.1, 0.15) is 0 Å². The molecule has 2 aromatic rings. The molecule has 0 fully saturated rings. The molecule has 72 valence electrons. The van der Waals surface area contributed by atoms with Gasteiger partial charge in [-0.05, 0) is 40.1 Å². The molecule has 1 aromatic heterocycles. The molecule has 0 aliphatic rings. The summed E-state index contributed by atoms with van der Waals surface area (Å²) in [6.07, 6.45) is 0. The second kappa shape index (κ2) is 4.04. The highest BCUT2D eigenvalue weighted by Crippen LogP contribution is 2.22. The Morgan fingerprint density at radius 1 is 1.07 bits per heavy atom. The van der Waals surface area contributed by atoms with E-state index in [1.807, 2.05) is 29.0 Å². The molecule has 1 N–H and O–H groups in total. The molecule has 4 heteroatoms. The largest absolute Gasteiger partial charge is 0.302 e. The van der Waals surface area contributed by atoms with E-state index in [0.29, 0.717) is 4.90 Å². The molecule has 0 amide bonds. The summed E-state index contributed by atoms with van der Waals surface area (Å²) in [4.78, 5) is 0.434. The van der Waals surface area contributed by atoms with E-state index < -0.39 is 11.1 Å². The average molecular weight is 224 g/mol. The first-order valence-corrected chi connectivity index (χ1v) is 6.06. The summed E-state index contributed by atoms with van der Waals surface area (Å²) >= 11 is -0.246. The van der Waals surface area contributed by atoms with Crippen LogP contribution in [0.25, 0.3) is 11.1 Å². The molecule has 2 rings (SSSR count). The summed E-state index contributed by atoms with van der Waals surface area (Å²) in [6.45, 7) is 0. The van der Waals surface area contributed by atoms with Crippen LogP contribution in [0, 0.1) is 0 Å². The number of hydrogen-bond donors (Lipinski definition) is 1. The van der Waals surface area contributed by atoms with Crippen molar-refractivity contribution < 1.29 is 8.76 Å². The van der Waals surface area contributed by atoms with Gasteiger partial charge in [0.15, 0.2) is 11.1 Å². The SMILES string of the molecule is O=S(O)c1ccc(-c2ccsc2)cc1. The Morgan fingerprint density at radius 2 is 1.79 bits per heavy atom. The van der Waals surface area contributed by atoms with Crippen molar-refractivity contribution in [2.45, 2.75) is 4.90 Å². The minimum absolute atomic E-state index is 0.434. The Bertz CT molecular complexity index is 432. The standard InChI is InChI=1S/C10H8O2S2/c11-14(12)10-3-1-8(2-4-10)9-5-6-13-7-9/h1-7H,(H,11,12). The van der Waals surface area contributed by atoms with E-state index in [9.17, 15) is 4.21 Å². The smallest absolute Gasteiger partial charge is 0.186 e. The molecule has 0 aliphatic carbocycles. The van der Waals surface area contributed by atoms with Gasteiger partial charge in [0.05, 0.1) is 4.90 Å². The fourth-order valence-corrected chi connectivity index (χ4v) is 2.23. The van der Waals surface area contributed by atoms with Gasteiger partial charge in [-0.25, -0.2) is 4.21 Å². The topological polar surface area (TPSA) is 37.3 Å². The van der Waals surface area contributed by atoms with Crippen molar-refractivity contribution in [2.75, 3.05) is 0 Å². The lowest BCUT2D eigenvalue weighted by Gasteiger charge is -1.98. The lowest BCUT2D eigenvalue weighted by atomic mass is 10.1. The Morgan fingerprint density at radius 3 is 2.29 bits per heavy atom. The zero-order chi connectivity index (χ0) is 9.97. The lowest BCUT2D eigenvalue weighted by molar-refractivity contribution is 0.564. The maximum Gasteiger partial charge on any atom is 0.186 e. The summed E-state index contributed by atoms with van der Waals surface area (Å²) in [5.74, 6) is 0. The summed E-state index contributed by atoms with van der Waals surface area (Å²) in [7, 11) is 0. The fourth-order valence-electron chi connectivity index (χ4n) is 1.19. The Balaban J connectivity index is 2.36. The molecule has 0 radical (unpaired) electrons. The van der Waals surface area contributed by atoms with Crippen LogP contribution in [0.1, 0.15) is 0 Å². The monoisotopic (exact) mass is 224 g/mol. The highest BCUT2D eigenvalue weighted by Gasteiger charge is 2.01. The van der Waals surface area contributed by atoms with E-state index in [1.54, 1.807) is 23.5 Å². The first-order chi connectivity index (χ1) is 6.77. The number of thiophene rings is 1. The van der Waals surface area contributed by atoms with Crippen molar-refractivity contribution >= 4 is 22.4 Å². The van der Waals surface area contributed by atoms with E-state index in [-0.39, 0.29) is 0 Å². The summed E-state index contributed by atoms with van der Waals surface area (Å²) < 4.78 is 19.5. The highest BCUT2D eigenvalue weighted by molar-refractivity contribution is 7.79. The van der Waals surface area contributed by atoms with Crippen molar-refractivity contribution in [3.8, 4) is 11.1 Å². The Kier molecular flexibility index (Phi) is 2.77. The first kappa shape index (κ1) is 9.58. The molecule has 0 aliphatic heterocycles. The van der Waals surface area contributed by atoms with Crippen molar-refractivity contribution in [1.82, 2.24) is 0 Å². The van der Waals surface area contributed by atoms with Gasteiger partial charge in [-0.2, -0.15) is 11.3 Å². The molecule has 0 bridgehead atoms. The van der Waals surface area contributed by atoms with Crippen LogP contribution in [0.3, 0.4) is 0 Å². The summed E-state index contributed by atoms with van der Waals surface area (Å²) in [5, 5.41) is 4.05. The Labute approximate surface area is 88.5 Å². The maximum atomic E-state index is 10.7. The molecule has 1 aromatic carbocycles. The van der Waals surface area contributed by atoms with Gasteiger partial charge in [0.25, 0.3) is 0 Å². The van der Waals surface area contributed by atoms with Crippen LogP contribution in [-0.2, 0) is 11.1 Å². The van der Waals surface area contributed by atoms with Gasteiger partial charge in [-0.3, -0.25) is 0 Å². The van der Waals surface area contributed by atoms with Crippen molar-refractivity contribution in [3.63, 3.8) is 0 Å². The van der Waals surface area contributed by atoms with Gasteiger partial charge in [0.2, 0.25) is 0 Å². The van der Waals surface area contributed by atoms with Crippen LogP contribution in [0.4, 0.5) is 0 Å². The molecule has 2 nitrogen and oxygen atoms in total. The van der Waals surface area contributed by atoms with Crippen molar-refractivity contribution in [1.29, 1.82) is 0 Å². The molecule has 1 unspecified atom stereocenters. The van der Waals surface area contributed by atoms with Gasteiger partial charge in [0, 0.05) is 0 Å². The maximum absolute atomic E-state index is 10.7. The normalized spacial score (nSPS) is 12.6. The number of hydrogen-bond acceptors (Lipinski definition) is 2. The third kappa shape index (κ3) is 1.92. The first-order valence-electron chi connectivity index (χ1n) is 4.01. The Hall–Kier alpha value is -0.970. The van der Waals surface area contributed by atoms with E-state index in [1.165, 1.54) is 0 Å². The molecule has 14 heavy (non-hydrogen) atoms. The van der Waals surface area contributed by atoms with Gasteiger partial charge in [-0.15, -0.1) is 0 Å². The minimum Gasteiger partial charge on any atom is -0.302 e. The fraction of sp³-hybridized carbons (Fsp3) is 0. The predicted molar refractivity (Wildman–Crippen MR) is 58.8 cm³/mol. The second-order valence-electron chi connectivity index (χ2n) is 2.79. The van der Waals surface area contributed by atoms with Crippen LogP contribution in [0.15, 0.2) is 46.0 Å². The van der Waals surface area contributed by atoms with Gasteiger partial charge in [-0.1, -0.05) is 12.1 Å². The zero-order valence-corrected chi connectivity index (χ0v) is 8.85. The molecule has 0 saturated heterocycles. The molecular weight excluding hydrogens is 216 g/mol. The van der Waals surface area contributed by atoms with Crippen LogP contribution in [-0.4, -0.2) is 8.76 Å². The molecule has 0 spiro atoms. The molecule has 1 heterocycles. The van der Waals surface area contributed by atoms with Crippen LogP contribution < -0.4 is 0 Å². The van der Waals surface area contributed by atoms with Crippen molar-refractivity contribution in [2.24, 2.45) is 0 Å². The predicted octanol–water partition coefficient (Wildman–Crippen LogP) is 3.00. The quantitative estimate of drug-likeness (QED) is 0.796. The van der Waals surface area contributed by atoms with E-state index in [4.69, 9.17) is 4.55 Å². The van der Waals surface area contributed by atoms with E-state index >= 15 is 0 Å². The third-order valence-electron chi connectivity index (χ3n) is 1.91. The second-order valence-corrected chi connectivity index (χ2v) is 4.54. The number of rotatable bonds is 2.